The Morgan fingerprint density at radius 1 is 1.06 bits per heavy atom. The summed E-state index contributed by atoms with van der Waals surface area (Å²) >= 11 is 7.45. The molecular weight excluding hydrogens is 659 g/mol. The van der Waals surface area contributed by atoms with Crippen LogP contribution in [-0.4, -0.2) is 61.1 Å². The zero-order valence-corrected chi connectivity index (χ0v) is 29.3. The number of thioether (sulfide) groups is 1. The van der Waals surface area contributed by atoms with E-state index in [0.29, 0.717) is 34.6 Å². The molecule has 0 saturated carbocycles. The SMILES string of the molecule is CCN1CCCC1CN(Cc1ccc(-c2ccc(Cl)cc2)cc1)C(=O)Cn1cc(C(C)c2cn[nH]c2)c(=O)nc1SCc1ccc(F)cc1. The summed E-state index contributed by atoms with van der Waals surface area (Å²) in [6, 6.07) is 22.6. The molecule has 1 aliphatic heterocycles. The Labute approximate surface area is 295 Å². The van der Waals surface area contributed by atoms with Crippen LogP contribution in [0.1, 0.15) is 54.9 Å². The standard InChI is InChI=1S/C38H40ClFN6O2S/c1-3-44-18-4-5-34(44)22-45(21-27-6-10-29(11-7-27)30-12-14-32(39)15-13-30)36(47)24-46-23-35(26(2)31-19-41-42-20-31)37(48)43-38(46)49-25-28-8-16-33(40)17-9-28/h6-17,19-20,23,26,34H,3-5,18,21-22,24-25H2,1-2H3,(H,41,42). The molecular formula is C38H40ClFN6O2S. The van der Waals surface area contributed by atoms with Gasteiger partial charge in [-0.2, -0.15) is 10.1 Å². The van der Waals surface area contributed by atoms with E-state index in [0.717, 1.165) is 53.7 Å². The normalized spacial score (nSPS) is 15.4. The van der Waals surface area contributed by atoms with Crippen molar-refractivity contribution < 1.29 is 9.18 Å². The van der Waals surface area contributed by atoms with Gasteiger partial charge in [-0.15, -0.1) is 0 Å². The minimum absolute atomic E-state index is 0.0197. The smallest absolute Gasteiger partial charge is 0.277 e. The van der Waals surface area contributed by atoms with Crippen LogP contribution in [0.3, 0.4) is 0 Å². The average molecular weight is 699 g/mol. The summed E-state index contributed by atoms with van der Waals surface area (Å²) in [6.45, 7) is 7.15. The predicted octanol–water partition coefficient (Wildman–Crippen LogP) is 7.38. The molecule has 1 saturated heterocycles. The lowest BCUT2D eigenvalue weighted by Crippen LogP contribution is -2.44. The van der Waals surface area contributed by atoms with Crippen molar-refractivity contribution in [3.05, 3.63) is 135 Å². The summed E-state index contributed by atoms with van der Waals surface area (Å²) in [5, 5.41) is 8.00. The van der Waals surface area contributed by atoms with Crippen LogP contribution < -0.4 is 5.56 Å². The van der Waals surface area contributed by atoms with E-state index in [1.807, 2.05) is 36.1 Å². The molecule has 2 aromatic heterocycles. The number of hydrogen-bond acceptors (Lipinski definition) is 6. The Balaban J connectivity index is 1.29. The van der Waals surface area contributed by atoms with Gasteiger partial charge in [-0.1, -0.05) is 85.7 Å². The van der Waals surface area contributed by atoms with Crippen molar-refractivity contribution in [2.24, 2.45) is 0 Å². The molecule has 49 heavy (non-hydrogen) atoms. The number of rotatable bonds is 13. The second-order valence-corrected chi connectivity index (χ2v) is 13.9. The van der Waals surface area contributed by atoms with Crippen molar-refractivity contribution in [2.45, 2.75) is 62.6 Å². The Bertz CT molecular complexity index is 1900. The number of likely N-dealkylation sites (N-methyl/N-ethyl adjacent to an activating group) is 1. The first kappa shape index (κ1) is 34.6. The Morgan fingerprint density at radius 3 is 2.43 bits per heavy atom. The van der Waals surface area contributed by atoms with Gasteiger partial charge in [-0.25, -0.2) is 4.39 Å². The summed E-state index contributed by atoms with van der Waals surface area (Å²) in [6.07, 6.45) is 7.37. The minimum Gasteiger partial charge on any atom is -0.335 e. The van der Waals surface area contributed by atoms with Crippen molar-refractivity contribution in [3.8, 4) is 11.1 Å². The molecule has 0 spiro atoms. The molecule has 8 nitrogen and oxygen atoms in total. The summed E-state index contributed by atoms with van der Waals surface area (Å²) in [7, 11) is 0. The van der Waals surface area contributed by atoms with Crippen LogP contribution in [-0.2, 0) is 23.6 Å². The molecule has 3 heterocycles. The highest BCUT2D eigenvalue weighted by molar-refractivity contribution is 7.98. The van der Waals surface area contributed by atoms with Gasteiger partial charge in [0.15, 0.2) is 5.16 Å². The maximum absolute atomic E-state index is 14.4. The fourth-order valence-electron chi connectivity index (χ4n) is 6.36. The van der Waals surface area contributed by atoms with E-state index in [4.69, 9.17) is 11.6 Å². The summed E-state index contributed by atoms with van der Waals surface area (Å²) < 4.78 is 15.4. The molecule has 3 aromatic carbocycles. The lowest BCUT2D eigenvalue weighted by Gasteiger charge is -2.31. The molecule has 2 unspecified atom stereocenters. The monoisotopic (exact) mass is 698 g/mol. The lowest BCUT2D eigenvalue weighted by molar-refractivity contribution is -0.133. The first-order valence-electron chi connectivity index (χ1n) is 16.6. The molecule has 1 N–H and O–H groups in total. The van der Waals surface area contributed by atoms with Crippen LogP contribution in [0.25, 0.3) is 11.1 Å². The maximum atomic E-state index is 14.4. The molecule has 1 aliphatic rings. The predicted molar refractivity (Wildman–Crippen MR) is 193 cm³/mol. The third-order valence-electron chi connectivity index (χ3n) is 9.25. The van der Waals surface area contributed by atoms with E-state index >= 15 is 0 Å². The highest BCUT2D eigenvalue weighted by atomic mass is 35.5. The molecule has 0 aliphatic carbocycles. The Morgan fingerprint density at radius 2 is 1.76 bits per heavy atom. The van der Waals surface area contributed by atoms with Gasteiger partial charge >= 0.3 is 0 Å². The number of halogens is 2. The number of aromatic nitrogens is 4. The van der Waals surface area contributed by atoms with Crippen LogP contribution in [0, 0.1) is 5.82 Å². The topological polar surface area (TPSA) is 87.1 Å². The summed E-state index contributed by atoms with van der Waals surface area (Å²) in [5.74, 6) is -0.172. The number of carbonyl (C=O) groups excluding carboxylic acids is 1. The third-order valence-corrected chi connectivity index (χ3v) is 10.6. The van der Waals surface area contributed by atoms with Gasteiger partial charge in [0.05, 0.1) is 6.20 Å². The van der Waals surface area contributed by atoms with Crippen LogP contribution in [0.5, 0.6) is 0 Å². The van der Waals surface area contributed by atoms with E-state index in [-0.39, 0.29) is 35.8 Å². The summed E-state index contributed by atoms with van der Waals surface area (Å²) in [4.78, 5) is 36.6. The zero-order valence-electron chi connectivity index (χ0n) is 27.7. The Hall–Kier alpha value is -4.25. The number of hydrogen-bond donors (Lipinski definition) is 1. The van der Waals surface area contributed by atoms with Crippen LogP contribution >= 0.6 is 23.4 Å². The fraction of sp³-hybridized carbons (Fsp3) is 0.316. The van der Waals surface area contributed by atoms with Crippen molar-refractivity contribution in [1.29, 1.82) is 0 Å². The quantitative estimate of drug-likeness (QED) is 0.102. The van der Waals surface area contributed by atoms with Gasteiger partial charge in [-0.3, -0.25) is 19.6 Å². The molecule has 5 aromatic rings. The second kappa shape index (κ2) is 16.0. The Kier molecular flexibility index (Phi) is 11.3. The van der Waals surface area contributed by atoms with Crippen LogP contribution in [0.4, 0.5) is 4.39 Å². The molecule has 254 valence electrons. The second-order valence-electron chi connectivity index (χ2n) is 12.5. The number of likely N-dealkylation sites (tertiary alicyclic amines) is 1. The van der Waals surface area contributed by atoms with Gasteiger partial charge < -0.3 is 9.47 Å². The number of nitrogens with one attached hydrogen (secondary N) is 1. The van der Waals surface area contributed by atoms with E-state index < -0.39 is 0 Å². The van der Waals surface area contributed by atoms with Gasteiger partial charge in [0.25, 0.3) is 5.56 Å². The average Bonchev–Trinajstić information content (AvgIpc) is 3.82. The van der Waals surface area contributed by atoms with Crippen LogP contribution in [0.15, 0.2) is 101 Å². The zero-order chi connectivity index (χ0) is 34.3. The lowest BCUT2D eigenvalue weighted by atomic mass is 9.98. The van der Waals surface area contributed by atoms with Crippen LogP contribution in [0.2, 0.25) is 5.02 Å². The van der Waals surface area contributed by atoms with Gasteiger partial charge in [-0.05, 0) is 78.0 Å². The van der Waals surface area contributed by atoms with E-state index in [2.05, 4.69) is 51.3 Å². The molecule has 6 rings (SSSR count). The molecule has 11 heteroatoms. The minimum atomic E-state index is -0.346. The van der Waals surface area contributed by atoms with Crippen molar-refractivity contribution in [3.63, 3.8) is 0 Å². The number of aromatic amines is 1. The molecule has 1 fully saturated rings. The van der Waals surface area contributed by atoms with Crippen molar-refractivity contribution >= 4 is 29.3 Å². The van der Waals surface area contributed by atoms with Crippen molar-refractivity contribution in [1.82, 2.24) is 29.5 Å². The third kappa shape index (κ3) is 8.68. The number of H-pyrrole nitrogens is 1. The maximum Gasteiger partial charge on any atom is 0.277 e. The first-order chi connectivity index (χ1) is 23.8. The van der Waals surface area contributed by atoms with E-state index in [1.54, 1.807) is 35.3 Å². The van der Waals surface area contributed by atoms with Gasteiger partial charge in [0, 0.05) is 53.8 Å². The molecule has 2 atom stereocenters. The van der Waals surface area contributed by atoms with E-state index in [9.17, 15) is 14.0 Å². The fourth-order valence-corrected chi connectivity index (χ4v) is 7.41. The van der Waals surface area contributed by atoms with Crippen molar-refractivity contribution in [2.75, 3.05) is 19.6 Å². The molecule has 0 bridgehead atoms. The van der Waals surface area contributed by atoms with Gasteiger partial charge in [0.1, 0.15) is 12.4 Å². The first-order valence-corrected chi connectivity index (χ1v) is 18.0. The highest BCUT2D eigenvalue weighted by Gasteiger charge is 2.28. The number of amides is 1. The number of benzene rings is 3. The van der Waals surface area contributed by atoms with Gasteiger partial charge in [0.2, 0.25) is 5.91 Å². The number of carbonyl (C=O) groups is 1. The summed E-state index contributed by atoms with van der Waals surface area (Å²) in [5.41, 5.74) is 5.06. The molecule has 1 amide bonds. The molecule has 0 radical (unpaired) electrons. The largest absolute Gasteiger partial charge is 0.335 e. The van der Waals surface area contributed by atoms with E-state index in [1.165, 1.54) is 23.9 Å². The number of nitrogens with zero attached hydrogens (tertiary/aromatic N) is 5. The highest BCUT2D eigenvalue weighted by Crippen LogP contribution is 2.27.